The zero-order valence-corrected chi connectivity index (χ0v) is 18.8. The van der Waals surface area contributed by atoms with Crippen molar-refractivity contribution in [1.29, 1.82) is 0 Å². The fourth-order valence-corrected chi connectivity index (χ4v) is 5.27. The number of nitrogens with one attached hydrogen (secondary N) is 1. The SMILES string of the molecule is CCc1ccc(C(=O)NC2CCCCC3(C2)Oc2ccccc2-n2cccc23)cc1OC. The van der Waals surface area contributed by atoms with E-state index in [2.05, 4.69) is 41.2 Å². The highest BCUT2D eigenvalue weighted by molar-refractivity contribution is 5.95. The number of amides is 1. The lowest BCUT2D eigenvalue weighted by Gasteiger charge is -2.40. The summed E-state index contributed by atoms with van der Waals surface area (Å²) < 4.78 is 14.5. The van der Waals surface area contributed by atoms with Crippen LogP contribution in [0.3, 0.4) is 0 Å². The molecule has 3 aromatic rings. The number of fused-ring (bicyclic) bond motifs is 4. The van der Waals surface area contributed by atoms with Gasteiger partial charge in [0.1, 0.15) is 11.5 Å². The van der Waals surface area contributed by atoms with E-state index < -0.39 is 5.60 Å². The van der Waals surface area contributed by atoms with Crippen molar-refractivity contribution in [3.8, 4) is 17.2 Å². The summed E-state index contributed by atoms with van der Waals surface area (Å²) in [7, 11) is 1.65. The lowest BCUT2D eigenvalue weighted by Crippen LogP contribution is -2.45. The molecule has 2 atom stereocenters. The lowest BCUT2D eigenvalue weighted by atomic mass is 9.87. The van der Waals surface area contributed by atoms with Crippen LogP contribution >= 0.6 is 0 Å². The largest absolute Gasteiger partial charge is 0.496 e. The summed E-state index contributed by atoms with van der Waals surface area (Å²) >= 11 is 0. The van der Waals surface area contributed by atoms with Crippen LogP contribution in [0, 0.1) is 0 Å². The molecule has 166 valence electrons. The maximum Gasteiger partial charge on any atom is 0.251 e. The van der Waals surface area contributed by atoms with E-state index >= 15 is 0 Å². The third-order valence-electron chi connectivity index (χ3n) is 6.87. The van der Waals surface area contributed by atoms with E-state index in [0.29, 0.717) is 5.56 Å². The summed E-state index contributed by atoms with van der Waals surface area (Å²) in [6.45, 7) is 2.08. The zero-order chi connectivity index (χ0) is 22.1. The van der Waals surface area contributed by atoms with E-state index in [4.69, 9.17) is 9.47 Å². The van der Waals surface area contributed by atoms with Crippen molar-refractivity contribution >= 4 is 5.91 Å². The van der Waals surface area contributed by atoms with Gasteiger partial charge in [-0.2, -0.15) is 0 Å². The van der Waals surface area contributed by atoms with E-state index in [-0.39, 0.29) is 11.9 Å². The second kappa shape index (κ2) is 8.38. The Labute approximate surface area is 189 Å². The number of carbonyl (C=O) groups excluding carboxylic acids is 1. The number of ether oxygens (including phenoxy) is 2. The molecule has 32 heavy (non-hydrogen) atoms. The van der Waals surface area contributed by atoms with Crippen molar-refractivity contribution in [1.82, 2.24) is 9.88 Å². The molecule has 5 nitrogen and oxygen atoms in total. The number of hydrogen-bond acceptors (Lipinski definition) is 3. The van der Waals surface area contributed by atoms with Crippen molar-refractivity contribution < 1.29 is 14.3 Å². The van der Waals surface area contributed by atoms with Crippen molar-refractivity contribution in [2.75, 3.05) is 7.11 Å². The average molecular weight is 431 g/mol. The summed E-state index contributed by atoms with van der Waals surface area (Å²) in [6.07, 6.45) is 7.75. The molecule has 0 saturated heterocycles. The highest BCUT2D eigenvalue weighted by atomic mass is 16.5. The summed E-state index contributed by atoms with van der Waals surface area (Å²) in [5, 5.41) is 3.30. The van der Waals surface area contributed by atoms with Crippen molar-refractivity contribution in [3.05, 3.63) is 77.6 Å². The van der Waals surface area contributed by atoms with Crippen LogP contribution in [0.25, 0.3) is 5.69 Å². The second-order valence-electron chi connectivity index (χ2n) is 8.83. The van der Waals surface area contributed by atoms with Crippen molar-refractivity contribution in [2.24, 2.45) is 0 Å². The van der Waals surface area contributed by atoms with Gasteiger partial charge in [-0.3, -0.25) is 4.79 Å². The minimum absolute atomic E-state index is 0.0375. The van der Waals surface area contributed by atoms with Gasteiger partial charge in [-0.1, -0.05) is 31.5 Å². The molecule has 1 spiro atoms. The fourth-order valence-electron chi connectivity index (χ4n) is 5.27. The highest BCUT2D eigenvalue weighted by Gasteiger charge is 2.44. The number of aromatic nitrogens is 1. The molecular weight excluding hydrogens is 400 g/mol. The first-order valence-electron chi connectivity index (χ1n) is 11.6. The van der Waals surface area contributed by atoms with Crippen LogP contribution < -0.4 is 14.8 Å². The average Bonchev–Trinajstić information content (AvgIpc) is 3.24. The Balaban J connectivity index is 1.41. The lowest BCUT2D eigenvalue weighted by molar-refractivity contribution is 0.0281. The number of hydrogen-bond donors (Lipinski definition) is 1. The predicted octanol–water partition coefficient (Wildman–Crippen LogP) is 5.40. The first-order valence-corrected chi connectivity index (χ1v) is 11.6. The fraction of sp³-hybridized carbons (Fsp3) is 0.370. The van der Waals surface area contributed by atoms with Crippen LogP contribution in [0.2, 0.25) is 0 Å². The molecule has 1 saturated carbocycles. The summed E-state index contributed by atoms with van der Waals surface area (Å²) in [5.41, 5.74) is 3.55. The molecule has 2 unspecified atom stereocenters. The normalized spacial score (nSPS) is 21.8. The number of rotatable bonds is 4. The molecule has 1 aliphatic heterocycles. The van der Waals surface area contributed by atoms with E-state index in [0.717, 1.165) is 61.3 Å². The maximum atomic E-state index is 13.1. The Bertz CT molecular complexity index is 1140. The molecule has 0 bridgehead atoms. The Kier molecular flexibility index (Phi) is 5.41. The molecule has 1 N–H and O–H groups in total. The van der Waals surface area contributed by atoms with Gasteiger partial charge in [-0.05, 0) is 67.6 Å². The van der Waals surface area contributed by atoms with E-state index in [9.17, 15) is 4.79 Å². The molecule has 1 amide bonds. The number of methoxy groups -OCH3 is 1. The standard InChI is InChI=1S/C27H30N2O3/c1-3-19-13-14-20(17-24(19)31-2)26(30)28-21-9-6-7-15-27(18-21)25-12-8-16-29(25)22-10-4-5-11-23(22)32-27/h4-5,8,10-14,16-17,21H,3,6-7,9,15,18H2,1-2H3,(H,28,30). The van der Waals surface area contributed by atoms with Gasteiger partial charge in [-0.25, -0.2) is 0 Å². The Hall–Kier alpha value is -3.21. The molecule has 5 heteroatoms. The van der Waals surface area contributed by atoms with Crippen molar-refractivity contribution in [2.45, 2.75) is 57.1 Å². The number of benzene rings is 2. The summed E-state index contributed by atoms with van der Waals surface area (Å²) in [4.78, 5) is 13.1. The van der Waals surface area contributed by atoms with Gasteiger partial charge in [-0.15, -0.1) is 0 Å². The maximum absolute atomic E-state index is 13.1. The van der Waals surface area contributed by atoms with Crippen LogP contribution in [0.15, 0.2) is 60.8 Å². The predicted molar refractivity (Wildman–Crippen MR) is 125 cm³/mol. The number of aryl methyl sites for hydroxylation is 1. The molecule has 0 radical (unpaired) electrons. The van der Waals surface area contributed by atoms with Crippen LogP contribution in [0.4, 0.5) is 0 Å². The minimum Gasteiger partial charge on any atom is -0.496 e. The van der Waals surface area contributed by atoms with Gasteiger partial charge in [0.25, 0.3) is 5.91 Å². The van der Waals surface area contributed by atoms with E-state index in [1.165, 1.54) is 5.69 Å². The minimum atomic E-state index is -0.434. The third kappa shape index (κ3) is 3.56. The molecule has 2 aliphatic rings. The molecule has 1 aromatic heterocycles. The Morgan fingerprint density at radius 3 is 2.91 bits per heavy atom. The van der Waals surface area contributed by atoms with Gasteiger partial charge in [0.05, 0.1) is 18.5 Å². The third-order valence-corrected chi connectivity index (χ3v) is 6.87. The quantitative estimate of drug-likeness (QED) is 0.603. The topological polar surface area (TPSA) is 52.5 Å². The van der Waals surface area contributed by atoms with Crippen LogP contribution in [0.1, 0.15) is 60.6 Å². The van der Waals surface area contributed by atoms with Gasteiger partial charge in [0.2, 0.25) is 0 Å². The van der Waals surface area contributed by atoms with Crippen LogP contribution in [-0.4, -0.2) is 23.6 Å². The van der Waals surface area contributed by atoms with Crippen molar-refractivity contribution in [3.63, 3.8) is 0 Å². The highest BCUT2D eigenvalue weighted by Crippen LogP contribution is 2.46. The van der Waals surface area contributed by atoms with E-state index in [1.807, 2.05) is 36.4 Å². The van der Waals surface area contributed by atoms with Crippen LogP contribution in [-0.2, 0) is 12.0 Å². The number of carbonyl (C=O) groups is 1. The molecule has 2 aromatic carbocycles. The monoisotopic (exact) mass is 430 g/mol. The molecule has 5 rings (SSSR count). The molecule has 1 aliphatic carbocycles. The molecular formula is C27H30N2O3. The molecule has 2 heterocycles. The summed E-state index contributed by atoms with van der Waals surface area (Å²) in [6, 6.07) is 18.2. The summed E-state index contributed by atoms with van der Waals surface area (Å²) in [5.74, 6) is 1.62. The smallest absolute Gasteiger partial charge is 0.251 e. The van der Waals surface area contributed by atoms with Gasteiger partial charge >= 0.3 is 0 Å². The zero-order valence-electron chi connectivity index (χ0n) is 18.8. The first-order chi connectivity index (χ1) is 15.6. The Morgan fingerprint density at radius 2 is 2.06 bits per heavy atom. The van der Waals surface area contributed by atoms with Crippen LogP contribution in [0.5, 0.6) is 11.5 Å². The van der Waals surface area contributed by atoms with E-state index in [1.54, 1.807) is 7.11 Å². The number of para-hydroxylation sites is 2. The van der Waals surface area contributed by atoms with Gasteiger partial charge in [0.15, 0.2) is 5.60 Å². The van der Waals surface area contributed by atoms with Gasteiger partial charge in [0, 0.05) is 24.2 Å². The Morgan fingerprint density at radius 1 is 1.19 bits per heavy atom. The second-order valence-corrected chi connectivity index (χ2v) is 8.83. The van der Waals surface area contributed by atoms with Gasteiger partial charge < -0.3 is 19.4 Å². The first kappa shape index (κ1) is 20.7. The number of nitrogens with zero attached hydrogens (tertiary/aromatic N) is 1. The molecule has 1 fully saturated rings.